The number of piperidine rings is 1. The fourth-order valence-electron chi connectivity index (χ4n) is 3.55. The number of nitrogens with zero attached hydrogens (tertiary/aromatic N) is 1. The molecule has 2 heterocycles. The van der Waals surface area contributed by atoms with Gasteiger partial charge in [-0.2, -0.15) is 11.3 Å². The van der Waals surface area contributed by atoms with Gasteiger partial charge < -0.3 is 4.90 Å². The van der Waals surface area contributed by atoms with Crippen molar-refractivity contribution in [2.75, 3.05) is 13.1 Å². The van der Waals surface area contributed by atoms with Crippen molar-refractivity contribution in [2.45, 2.75) is 39.5 Å². The van der Waals surface area contributed by atoms with Crippen LogP contribution >= 0.6 is 11.3 Å². The van der Waals surface area contributed by atoms with Crippen molar-refractivity contribution in [3.05, 3.63) is 57.3 Å². The van der Waals surface area contributed by atoms with Gasteiger partial charge in [0.2, 0.25) is 5.91 Å². The van der Waals surface area contributed by atoms with E-state index in [1.54, 1.807) is 11.3 Å². The maximum Gasteiger partial charge on any atom is 0.222 e. The summed E-state index contributed by atoms with van der Waals surface area (Å²) in [5.41, 5.74) is 4.31. The van der Waals surface area contributed by atoms with Crippen LogP contribution in [0.1, 0.15) is 46.3 Å². The first kappa shape index (κ1) is 17.9. The normalized spacial score (nSPS) is 15.4. The first-order valence-electron chi connectivity index (χ1n) is 8.95. The molecule has 0 bridgehead atoms. The Morgan fingerprint density at radius 3 is 2.56 bits per heavy atom. The van der Waals surface area contributed by atoms with Crippen molar-refractivity contribution in [3.63, 3.8) is 0 Å². The van der Waals surface area contributed by atoms with Crippen molar-refractivity contribution in [3.8, 4) is 0 Å². The number of benzene rings is 1. The molecule has 0 unspecified atom stereocenters. The molecule has 0 atom stereocenters. The highest BCUT2D eigenvalue weighted by atomic mass is 32.1. The lowest BCUT2D eigenvalue weighted by Crippen LogP contribution is -2.40. The molecule has 25 heavy (non-hydrogen) atoms. The Labute approximate surface area is 153 Å². The number of Topliss-reactive ketones (excluding diaryl/α,β-unsaturated/α-hetero) is 1. The molecule has 0 radical (unpaired) electrons. The second-order valence-electron chi connectivity index (χ2n) is 6.97. The summed E-state index contributed by atoms with van der Waals surface area (Å²) in [5.74, 6) is 0.494. The highest BCUT2D eigenvalue weighted by Gasteiger charge is 2.28. The molecule has 0 spiro atoms. The van der Waals surface area contributed by atoms with Crippen LogP contribution in [0, 0.1) is 19.8 Å². The van der Waals surface area contributed by atoms with E-state index in [1.807, 2.05) is 36.3 Å². The number of hydrogen-bond donors (Lipinski definition) is 0. The van der Waals surface area contributed by atoms with Crippen molar-refractivity contribution >= 4 is 23.0 Å². The number of ketones is 1. The van der Waals surface area contributed by atoms with Crippen LogP contribution in [0.15, 0.2) is 35.0 Å². The van der Waals surface area contributed by atoms with Crippen LogP contribution in [-0.2, 0) is 11.2 Å². The minimum Gasteiger partial charge on any atom is -0.343 e. The van der Waals surface area contributed by atoms with Crippen LogP contribution in [0.25, 0.3) is 0 Å². The molecule has 1 amide bonds. The fraction of sp³-hybridized carbons (Fsp3) is 0.429. The van der Waals surface area contributed by atoms with Gasteiger partial charge in [-0.3, -0.25) is 9.59 Å². The predicted octanol–water partition coefficient (Wildman–Crippen LogP) is 4.42. The summed E-state index contributed by atoms with van der Waals surface area (Å²) in [7, 11) is 0. The van der Waals surface area contributed by atoms with Gasteiger partial charge in [0.15, 0.2) is 5.78 Å². The second-order valence-corrected chi connectivity index (χ2v) is 7.75. The molecule has 132 valence electrons. The summed E-state index contributed by atoms with van der Waals surface area (Å²) < 4.78 is 0. The van der Waals surface area contributed by atoms with Gasteiger partial charge in [-0.25, -0.2) is 0 Å². The van der Waals surface area contributed by atoms with Crippen LogP contribution in [0.5, 0.6) is 0 Å². The maximum atomic E-state index is 12.8. The molecule has 1 aliphatic heterocycles. The number of carbonyl (C=O) groups is 2. The molecule has 1 fully saturated rings. The smallest absolute Gasteiger partial charge is 0.222 e. The van der Waals surface area contributed by atoms with E-state index in [0.717, 1.165) is 30.4 Å². The summed E-state index contributed by atoms with van der Waals surface area (Å²) in [6.45, 7) is 5.44. The van der Waals surface area contributed by atoms with Crippen LogP contribution in [-0.4, -0.2) is 29.7 Å². The van der Waals surface area contributed by atoms with Gasteiger partial charge in [-0.1, -0.05) is 23.8 Å². The van der Waals surface area contributed by atoms with E-state index in [2.05, 4.69) is 17.5 Å². The van der Waals surface area contributed by atoms with E-state index in [0.29, 0.717) is 19.5 Å². The summed E-state index contributed by atoms with van der Waals surface area (Å²) in [6, 6.07) is 8.10. The Morgan fingerprint density at radius 1 is 1.16 bits per heavy atom. The highest BCUT2D eigenvalue weighted by molar-refractivity contribution is 7.07. The van der Waals surface area contributed by atoms with Gasteiger partial charge in [-0.05, 0) is 61.1 Å². The average molecular weight is 356 g/mol. The monoisotopic (exact) mass is 355 g/mol. The SMILES string of the molecule is Cc1ccc(C(=O)C2CCN(C(=O)CCc3ccsc3)CC2)c(C)c1. The molecule has 1 aromatic carbocycles. The van der Waals surface area contributed by atoms with Gasteiger partial charge >= 0.3 is 0 Å². The zero-order chi connectivity index (χ0) is 17.8. The number of likely N-dealkylation sites (tertiary alicyclic amines) is 1. The van der Waals surface area contributed by atoms with Crippen molar-refractivity contribution in [2.24, 2.45) is 5.92 Å². The van der Waals surface area contributed by atoms with Gasteiger partial charge in [0.1, 0.15) is 0 Å². The minimum absolute atomic E-state index is 0.0438. The molecule has 1 aromatic heterocycles. The fourth-order valence-corrected chi connectivity index (χ4v) is 4.25. The minimum atomic E-state index is 0.0438. The third kappa shape index (κ3) is 4.37. The van der Waals surface area contributed by atoms with Gasteiger partial charge in [0.05, 0.1) is 0 Å². The molecule has 0 aliphatic carbocycles. The van der Waals surface area contributed by atoms with Crippen LogP contribution in [0.2, 0.25) is 0 Å². The zero-order valence-corrected chi connectivity index (χ0v) is 15.8. The molecule has 3 nitrogen and oxygen atoms in total. The third-order valence-electron chi connectivity index (χ3n) is 5.07. The van der Waals surface area contributed by atoms with Crippen molar-refractivity contribution in [1.29, 1.82) is 0 Å². The Balaban J connectivity index is 1.52. The maximum absolute atomic E-state index is 12.8. The quantitative estimate of drug-likeness (QED) is 0.745. The number of amides is 1. The lowest BCUT2D eigenvalue weighted by molar-refractivity contribution is -0.132. The van der Waals surface area contributed by atoms with E-state index in [-0.39, 0.29) is 17.6 Å². The Hall–Kier alpha value is -1.94. The van der Waals surface area contributed by atoms with E-state index >= 15 is 0 Å². The molecule has 0 saturated carbocycles. The lowest BCUT2D eigenvalue weighted by atomic mass is 9.87. The second kappa shape index (κ2) is 7.96. The Kier molecular flexibility index (Phi) is 5.69. The molecule has 2 aromatic rings. The largest absolute Gasteiger partial charge is 0.343 e. The molecule has 1 aliphatic rings. The van der Waals surface area contributed by atoms with E-state index in [9.17, 15) is 9.59 Å². The van der Waals surface area contributed by atoms with Crippen LogP contribution in [0.4, 0.5) is 0 Å². The van der Waals surface area contributed by atoms with E-state index in [4.69, 9.17) is 0 Å². The summed E-state index contributed by atoms with van der Waals surface area (Å²) >= 11 is 1.67. The van der Waals surface area contributed by atoms with Gasteiger partial charge in [-0.15, -0.1) is 0 Å². The molecule has 1 saturated heterocycles. The molecule has 4 heteroatoms. The van der Waals surface area contributed by atoms with Crippen LogP contribution in [0.3, 0.4) is 0 Å². The zero-order valence-electron chi connectivity index (χ0n) is 15.0. The summed E-state index contributed by atoms with van der Waals surface area (Å²) in [5, 5.41) is 4.14. The number of thiophene rings is 1. The molecule has 3 rings (SSSR count). The highest BCUT2D eigenvalue weighted by Crippen LogP contribution is 2.24. The van der Waals surface area contributed by atoms with Crippen molar-refractivity contribution < 1.29 is 9.59 Å². The standard InChI is InChI=1S/C21H25NO2S/c1-15-3-5-19(16(2)13-15)21(24)18-7-10-22(11-8-18)20(23)6-4-17-9-12-25-14-17/h3,5,9,12-14,18H,4,6-8,10-11H2,1-2H3. The molecule has 0 N–H and O–H groups in total. The third-order valence-corrected chi connectivity index (χ3v) is 5.81. The molecular weight excluding hydrogens is 330 g/mol. The lowest BCUT2D eigenvalue weighted by Gasteiger charge is -2.31. The van der Waals surface area contributed by atoms with Crippen LogP contribution < -0.4 is 0 Å². The topological polar surface area (TPSA) is 37.4 Å². The first-order valence-corrected chi connectivity index (χ1v) is 9.89. The predicted molar refractivity (Wildman–Crippen MR) is 102 cm³/mol. The number of carbonyl (C=O) groups excluding carboxylic acids is 2. The molecular formula is C21H25NO2S. The number of aryl methyl sites for hydroxylation is 3. The summed E-state index contributed by atoms with van der Waals surface area (Å²) in [6.07, 6.45) is 2.92. The van der Waals surface area contributed by atoms with Gasteiger partial charge in [0.25, 0.3) is 0 Å². The first-order chi connectivity index (χ1) is 12.0. The Morgan fingerprint density at radius 2 is 1.92 bits per heavy atom. The van der Waals surface area contributed by atoms with E-state index < -0.39 is 0 Å². The summed E-state index contributed by atoms with van der Waals surface area (Å²) in [4.78, 5) is 27.1. The number of hydrogen-bond acceptors (Lipinski definition) is 3. The van der Waals surface area contributed by atoms with Crippen molar-refractivity contribution in [1.82, 2.24) is 4.90 Å². The van der Waals surface area contributed by atoms with E-state index in [1.165, 1.54) is 11.1 Å². The van der Waals surface area contributed by atoms with Gasteiger partial charge in [0, 0.05) is 31.0 Å². The average Bonchev–Trinajstić information content (AvgIpc) is 3.13. The number of rotatable bonds is 5. The Bertz CT molecular complexity index is 743.